The fourth-order valence-corrected chi connectivity index (χ4v) is 5.29. The van der Waals surface area contributed by atoms with Gasteiger partial charge in [-0.2, -0.15) is 0 Å². The van der Waals surface area contributed by atoms with Crippen LogP contribution >= 0.6 is 0 Å². The van der Waals surface area contributed by atoms with Gasteiger partial charge in [0.25, 0.3) is 0 Å². The average molecular weight is 415 g/mol. The van der Waals surface area contributed by atoms with Gasteiger partial charge in [0.05, 0.1) is 13.1 Å². The normalized spacial score (nSPS) is 28.1. The molecular formula is C24H38N4O2. The smallest absolute Gasteiger partial charge is 0.238 e. The van der Waals surface area contributed by atoms with E-state index in [4.69, 9.17) is 0 Å². The van der Waals surface area contributed by atoms with Crippen LogP contribution in [0.2, 0.25) is 0 Å². The van der Waals surface area contributed by atoms with E-state index in [9.17, 15) is 9.59 Å². The van der Waals surface area contributed by atoms with Crippen molar-refractivity contribution in [3.63, 3.8) is 0 Å². The maximum Gasteiger partial charge on any atom is 0.238 e. The van der Waals surface area contributed by atoms with Gasteiger partial charge in [0.2, 0.25) is 11.8 Å². The van der Waals surface area contributed by atoms with E-state index in [0.717, 1.165) is 37.6 Å². The van der Waals surface area contributed by atoms with E-state index in [0.29, 0.717) is 36.8 Å². The highest BCUT2D eigenvalue weighted by atomic mass is 16.2. The van der Waals surface area contributed by atoms with Gasteiger partial charge in [0, 0.05) is 37.6 Å². The molecule has 0 saturated carbocycles. The van der Waals surface area contributed by atoms with E-state index in [2.05, 4.69) is 48.1 Å². The second kappa shape index (κ2) is 10.4. The summed E-state index contributed by atoms with van der Waals surface area (Å²) in [5.74, 6) is 2.59. The molecular weight excluding hydrogens is 376 g/mol. The maximum atomic E-state index is 12.4. The van der Waals surface area contributed by atoms with Crippen LogP contribution in [0, 0.1) is 23.7 Å². The molecule has 3 rings (SSSR count). The van der Waals surface area contributed by atoms with Crippen molar-refractivity contribution in [1.82, 2.24) is 9.80 Å². The Morgan fingerprint density at radius 1 is 0.700 bits per heavy atom. The van der Waals surface area contributed by atoms with Crippen LogP contribution in [0.1, 0.15) is 40.5 Å². The van der Waals surface area contributed by atoms with Crippen molar-refractivity contribution in [2.45, 2.75) is 40.5 Å². The van der Waals surface area contributed by atoms with E-state index in [-0.39, 0.29) is 11.8 Å². The number of likely N-dealkylation sites (tertiary alicyclic amines) is 2. The van der Waals surface area contributed by atoms with Crippen molar-refractivity contribution in [2.75, 3.05) is 49.9 Å². The lowest BCUT2D eigenvalue weighted by atomic mass is 9.92. The standard InChI is InChI=1S/C24H38N4O2/c1-17-9-18(2)12-27(11-17)15-23(29)25-21-5-7-22(8-6-21)26-24(30)16-28-13-19(3)10-20(4)14-28/h5-8,17-20H,9-16H2,1-4H3,(H,25,29)(H,26,30)/t17-,18-,19-,20+/m1/s1. The molecule has 2 saturated heterocycles. The van der Waals surface area contributed by atoms with Crippen molar-refractivity contribution in [1.29, 1.82) is 0 Å². The molecule has 0 aromatic heterocycles. The highest BCUT2D eigenvalue weighted by Gasteiger charge is 2.24. The summed E-state index contributed by atoms with van der Waals surface area (Å²) in [6.07, 6.45) is 2.47. The van der Waals surface area contributed by atoms with Crippen LogP contribution < -0.4 is 10.6 Å². The number of hydrogen-bond donors (Lipinski definition) is 2. The summed E-state index contributed by atoms with van der Waals surface area (Å²) in [4.78, 5) is 29.3. The summed E-state index contributed by atoms with van der Waals surface area (Å²) in [6.45, 7) is 13.8. The first-order valence-corrected chi connectivity index (χ1v) is 11.4. The summed E-state index contributed by atoms with van der Waals surface area (Å²) in [6, 6.07) is 7.39. The summed E-state index contributed by atoms with van der Waals surface area (Å²) in [5, 5.41) is 5.95. The van der Waals surface area contributed by atoms with Crippen LogP contribution in [0.3, 0.4) is 0 Å². The molecule has 6 nitrogen and oxygen atoms in total. The number of rotatable bonds is 6. The largest absolute Gasteiger partial charge is 0.325 e. The molecule has 0 aliphatic carbocycles. The molecule has 2 fully saturated rings. The second-order valence-electron chi connectivity index (χ2n) is 9.95. The first kappa shape index (κ1) is 22.8. The van der Waals surface area contributed by atoms with E-state index in [1.165, 1.54) is 12.8 Å². The topological polar surface area (TPSA) is 64.7 Å². The van der Waals surface area contributed by atoms with Crippen LogP contribution in [0.5, 0.6) is 0 Å². The summed E-state index contributed by atoms with van der Waals surface area (Å²) in [5.41, 5.74) is 1.52. The number of hydrogen-bond acceptors (Lipinski definition) is 4. The van der Waals surface area contributed by atoms with E-state index in [1.807, 2.05) is 24.3 Å². The average Bonchev–Trinajstić information content (AvgIpc) is 2.61. The molecule has 30 heavy (non-hydrogen) atoms. The van der Waals surface area contributed by atoms with Crippen molar-refractivity contribution in [3.8, 4) is 0 Å². The number of piperidine rings is 2. The molecule has 166 valence electrons. The first-order valence-electron chi connectivity index (χ1n) is 11.4. The van der Waals surface area contributed by atoms with Crippen LogP contribution in [0.25, 0.3) is 0 Å². The number of carbonyl (C=O) groups excluding carboxylic acids is 2. The Hall–Kier alpha value is -1.92. The van der Waals surface area contributed by atoms with Gasteiger partial charge in [-0.25, -0.2) is 0 Å². The SMILES string of the molecule is C[C@@H]1C[C@@H](C)CN(CC(=O)Nc2ccc(NC(=O)CN3C[C@H](C)C[C@H](C)C3)cc2)C1. The van der Waals surface area contributed by atoms with Gasteiger partial charge in [0.1, 0.15) is 0 Å². The third-order valence-corrected chi connectivity index (χ3v) is 6.08. The highest BCUT2D eigenvalue weighted by molar-refractivity contribution is 5.94. The van der Waals surface area contributed by atoms with Crippen LogP contribution in [-0.2, 0) is 9.59 Å². The number of carbonyl (C=O) groups is 2. The Labute approximate surface area is 181 Å². The highest BCUT2D eigenvalue weighted by Crippen LogP contribution is 2.22. The van der Waals surface area contributed by atoms with Gasteiger partial charge in [-0.15, -0.1) is 0 Å². The lowest BCUT2D eigenvalue weighted by molar-refractivity contribution is -0.118. The number of nitrogens with one attached hydrogen (secondary N) is 2. The third kappa shape index (κ3) is 7.10. The molecule has 4 atom stereocenters. The minimum absolute atomic E-state index is 0.0152. The number of anilines is 2. The predicted octanol–water partition coefficient (Wildman–Crippen LogP) is 3.52. The number of nitrogens with zero attached hydrogens (tertiary/aromatic N) is 2. The molecule has 2 aliphatic heterocycles. The van der Waals surface area contributed by atoms with E-state index >= 15 is 0 Å². The van der Waals surface area contributed by atoms with Gasteiger partial charge in [-0.3, -0.25) is 19.4 Å². The Morgan fingerprint density at radius 2 is 1.00 bits per heavy atom. The zero-order valence-electron chi connectivity index (χ0n) is 19.0. The molecule has 0 spiro atoms. The zero-order valence-corrected chi connectivity index (χ0v) is 19.0. The van der Waals surface area contributed by atoms with Gasteiger partial charge in [0.15, 0.2) is 0 Å². The predicted molar refractivity (Wildman–Crippen MR) is 122 cm³/mol. The molecule has 1 aromatic carbocycles. The van der Waals surface area contributed by atoms with Gasteiger partial charge in [-0.05, 0) is 60.8 Å². The number of benzene rings is 1. The molecule has 2 amide bonds. The van der Waals surface area contributed by atoms with E-state index in [1.54, 1.807) is 0 Å². The summed E-state index contributed by atoms with van der Waals surface area (Å²) in [7, 11) is 0. The third-order valence-electron chi connectivity index (χ3n) is 6.08. The minimum atomic E-state index is 0.0152. The molecule has 0 unspecified atom stereocenters. The van der Waals surface area contributed by atoms with Crippen molar-refractivity contribution >= 4 is 23.2 Å². The van der Waals surface area contributed by atoms with Crippen LogP contribution in [-0.4, -0.2) is 60.9 Å². The Balaban J connectivity index is 1.44. The molecule has 2 aliphatic rings. The lowest BCUT2D eigenvalue weighted by Gasteiger charge is -2.34. The minimum Gasteiger partial charge on any atom is -0.325 e. The quantitative estimate of drug-likeness (QED) is 0.748. The van der Waals surface area contributed by atoms with Crippen molar-refractivity contribution in [2.24, 2.45) is 23.7 Å². The zero-order chi connectivity index (χ0) is 21.7. The van der Waals surface area contributed by atoms with Gasteiger partial charge >= 0.3 is 0 Å². The summed E-state index contributed by atoms with van der Waals surface area (Å²) < 4.78 is 0. The second-order valence-corrected chi connectivity index (χ2v) is 9.95. The van der Waals surface area contributed by atoms with Crippen molar-refractivity contribution < 1.29 is 9.59 Å². The van der Waals surface area contributed by atoms with Gasteiger partial charge < -0.3 is 10.6 Å². The Kier molecular flexibility index (Phi) is 7.89. The van der Waals surface area contributed by atoms with Crippen molar-refractivity contribution in [3.05, 3.63) is 24.3 Å². The molecule has 0 bridgehead atoms. The lowest BCUT2D eigenvalue weighted by Crippen LogP contribution is -2.43. The van der Waals surface area contributed by atoms with Crippen LogP contribution in [0.4, 0.5) is 11.4 Å². The number of amides is 2. The Bertz CT molecular complexity index is 639. The molecule has 6 heteroatoms. The van der Waals surface area contributed by atoms with E-state index < -0.39 is 0 Å². The monoisotopic (exact) mass is 414 g/mol. The fourth-order valence-electron chi connectivity index (χ4n) is 5.29. The molecule has 1 aromatic rings. The van der Waals surface area contributed by atoms with Crippen LogP contribution in [0.15, 0.2) is 24.3 Å². The summed E-state index contributed by atoms with van der Waals surface area (Å²) >= 11 is 0. The molecule has 2 N–H and O–H groups in total. The fraction of sp³-hybridized carbons (Fsp3) is 0.667. The first-order chi connectivity index (χ1) is 14.3. The molecule has 0 radical (unpaired) electrons. The maximum absolute atomic E-state index is 12.4. The molecule has 2 heterocycles. The Morgan fingerprint density at radius 3 is 1.30 bits per heavy atom. The van der Waals surface area contributed by atoms with Gasteiger partial charge in [-0.1, -0.05) is 27.7 Å².